The third kappa shape index (κ3) is 1.57. The largest absolute Gasteiger partial charge is 0.393 e. The Morgan fingerprint density at radius 1 is 1.00 bits per heavy atom. The predicted molar refractivity (Wildman–Crippen MR) is 77.7 cm³/mol. The number of aliphatic hydroxyl groups excluding tert-OH is 1. The second-order valence-corrected chi connectivity index (χ2v) is 8.06. The third-order valence-electron chi connectivity index (χ3n) is 7.53. The van der Waals surface area contributed by atoms with Crippen LogP contribution in [0, 0.1) is 29.1 Å². The van der Waals surface area contributed by atoms with Gasteiger partial charge in [0.15, 0.2) is 0 Å². The highest BCUT2D eigenvalue weighted by atomic mass is 16.3. The minimum atomic E-state index is -0.0132. The normalized spacial score (nSPS) is 52.9. The Morgan fingerprint density at radius 3 is 2.68 bits per heavy atom. The molecule has 3 saturated carbocycles. The van der Waals surface area contributed by atoms with Crippen LogP contribution in [0.25, 0.3) is 0 Å². The Balaban J connectivity index is 1.64. The van der Waals surface area contributed by atoms with Crippen LogP contribution in [0.4, 0.5) is 0 Å². The molecule has 0 heterocycles. The van der Waals surface area contributed by atoms with Crippen LogP contribution in [0.1, 0.15) is 65.2 Å². The Labute approximate surface area is 117 Å². The summed E-state index contributed by atoms with van der Waals surface area (Å²) in [6.45, 7) is 4.76. The van der Waals surface area contributed by atoms with Crippen LogP contribution < -0.4 is 0 Å². The van der Waals surface area contributed by atoms with E-state index in [1.54, 1.807) is 5.57 Å². The molecule has 0 spiro atoms. The Hall–Kier alpha value is -0.300. The first-order valence-electron chi connectivity index (χ1n) is 8.48. The number of aliphatic hydroxyl groups is 1. The van der Waals surface area contributed by atoms with E-state index in [1.807, 2.05) is 5.57 Å². The van der Waals surface area contributed by atoms with Gasteiger partial charge in [0.1, 0.15) is 0 Å². The number of hydrogen-bond donors (Lipinski definition) is 1. The zero-order chi connectivity index (χ0) is 13.2. The summed E-state index contributed by atoms with van der Waals surface area (Å²) in [5, 5.41) is 10.4. The molecule has 0 radical (unpaired) electrons. The first-order chi connectivity index (χ1) is 9.11. The molecular formula is C18H28O. The van der Waals surface area contributed by atoms with Crippen LogP contribution in [-0.2, 0) is 0 Å². The van der Waals surface area contributed by atoms with Gasteiger partial charge in [-0.25, -0.2) is 0 Å². The molecule has 19 heavy (non-hydrogen) atoms. The SMILES string of the molecule is CC1=C2CC[C@H]3[C@@H](CC[C@@]4(C)[C@H](O)CC[C@H]34)[C@@H]2CC1. The Kier molecular flexibility index (Phi) is 2.68. The van der Waals surface area contributed by atoms with Crippen LogP contribution in [0.5, 0.6) is 0 Å². The predicted octanol–water partition coefficient (Wildman–Crippen LogP) is 4.31. The van der Waals surface area contributed by atoms with Gasteiger partial charge in [-0.05, 0) is 87.4 Å². The molecule has 4 rings (SSSR count). The van der Waals surface area contributed by atoms with Crippen molar-refractivity contribution in [2.45, 2.75) is 71.3 Å². The molecule has 0 saturated heterocycles. The zero-order valence-electron chi connectivity index (χ0n) is 12.5. The fraction of sp³-hybridized carbons (Fsp3) is 0.889. The maximum absolute atomic E-state index is 10.4. The molecule has 0 unspecified atom stereocenters. The molecule has 4 aliphatic rings. The lowest BCUT2D eigenvalue weighted by atomic mass is 9.53. The summed E-state index contributed by atoms with van der Waals surface area (Å²) in [5.74, 6) is 3.64. The summed E-state index contributed by atoms with van der Waals surface area (Å²) >= 11 is 0. The van der Waals surface area contributed by atoms with Crippen LogP contribution in [0.15, 0.2) is 11.1 Å². The minimum Gasteiger partial charge on any atom is -0.393 e. The van der Waals surface area contributed by atoms with Crippen molar-refractivity contribution in [3.05, 3.63) is 11.1 Å². The molecule has 0 bridgehead atoms. The molecule has 106 valence electrons. The van der Waals surface area contributed by atoms with Gasteiger partial charge < -0.3 is 5.11 Å². The van der Waals surface area contributed by atoms with E-state index in [0.717, 1.165) is 30.1 Å². The summed E-state index contributed by atoms with van der Waals surface area (Å²) in [5.41, 5.74) is 3.84. The lowest BCUT2D eigenvalue weighted by Crippen LogP contribution is -2.46. The lowest BCUT2D eigenvalue weighted by Gasteiger charge is -2.52. The topological polar surface area (TPSA) is 20.2 Å². The molecule has 0 aliphatic heterocycles. The molecule has 0 aromatic rings. The van der Waals surface area contributed by atoms with E-state index in [0.29, 0.717) is 0 Å². The van der Waals surface area contributed by atoms with Crippen molar-refractivity contribution >= 4 is 0 Å². The number of allylic oxidation sites excluding steroid dienone is 2. The van der Waals surface area contributed by atoms with Crippen LogP contribution in [0.2, 0.25) is 0 Å². The average Bonchev–Trinajstić information content (AvgIpc) is 2.92. The monoisotopic (exact) mass is 260 g/mol. The number of hydrogen-bond acceptors (Lipinski definition) is 1. The van der Waals surface area contributed by atoms with E-state index in [2.05, 4.69) is 13.8 Å². The van der Waals surface area contributed by atoms with Crippen molar-refractivity contribution in [2.24, 2.45) is 29.1 Å². The summed E-state index contributed by atoms with van der Waals surface area (Å²) in [4.78, 5) is 0. The van der Waals surface area contributed by atoms with E-state index < -0.39 is 0 Å². The molecule has 0 amide bonds. The minimum absolute atomic E-state index is 0.0132. The highest BCUT2D eigenvalue weighted by Crippen LogP contribution is 2.62. The van der Waals surface area contributed by atoms with Crippen molar-refractivity contribution in [1.29, 1.82) is 0 Å². The molecular weight excluding hydrogens is 232 g/mol. The van der Waals surface area contributed by atoms with E-state index in [9.17, 15) is 5.11 Å². The highest BCUT2D eigenvalue weighted by molar-refractivity contribution is 5.25. The molecule has 3 fully saturated rings. The first kappa shape index (κ1) is 12.4. The quantitative estimate of drug-likeness (QED) is 0.643. The fourth-order valence-electron chi connectivity index (χ4n) is 6.42. The van der Waals surface area contributed by atoms with Crippen molar-refractivity contribution < 1.29 is 5.11 Å². The molecule has 1 N–H and O–H groups in total. The van der Waals surface area contributed by atoms with Gasteiger partial charge in [-0.15, -0.1) is 0 Å². The van der Waals surface area contributed by atoms with Crippen LogP contribution in [0.3, 0.4) is 0 Å². The van der Waals surface area contributed by atoms with Gasteiger partial charge in [0.25, 0.3) is 0 Å². The van der Waals surface area contributed by atoms with Crippen molar-refractivity contribution in [3.8, 4) is 0 Å². The second kappa shape index (κ2) is 4.10. The summed E-state index contributed by atoms with van der Waals surface area (Å²) in [6.07, 6.45) is 10.6. The summed E-state index contributed by atoms with van der Waals surface area (Å²) in [6, 6.07) is 0. The zero-order valence-corrected chi connectivity index (χ0v) is 12.5. The smallest absolute Gasteiger partial charge is 0.0596 e. The van der Waals surface area contributed by atoms with Crippen LogP contribution in [-0.4, -0.2) is 11.2 Å². The number of fused-ring (bicyclic) bond motifs is 5. The van der Waals surface area contributed by atoms with Crippen molar-refractivity contribution in [1.82, 2.24) is 0 Å². The fourth-order valence-corrected chi connectivity index (χ4v) is 6.42. The second-order valence-electron chi connectivity index (χ2n) is 8.06. The van der Waals surface area contributed by atoms with Gasteiger partial charge in [0.2, 0.25) is 0 Å². The van der Waals surface area contributed by atoms with Gasteiger partial charge in [-0.1, -0.05) is 18.1 Å². The van der Waals surface area contributed by atoms with Gasteiger partial charge in [-0.2, -0.15) is 0 Å². The summed E-state index contributed by atoms with van der Waals surface area (Å²) < 4.78 is 0. The number of rotatable bonds is 0. The van der Waals surface area contributed by atoms with Gasteiger partial charge in [-0.3, -0.25) is 0 Å². The average molecular weight is 260 g/mol. The summed E-state index contributed by atoms with van der Waals surface area (Å²) in [7, 11) is 0. The van der Waals surface area contributed by atoms with E-state index in [-0.39, 0.29) is 11.5 Å². The molecule has 1 nitrogen and oxygen atoms in total. The molecule has 4 aliphatic carbocycles. The van der Waals surface area contributed by atoms with Gasteiger partial charge in [0.05, 0.1) is 6.10 Å². The van der Waals surface area contributed by atoms with E-state index in [4.69, 9.17) is 0 Å². The Morgan fingerprint density at radius 2 is 1.84 bits per heavy atom. The van der Waals surface area contributed by atoms with Crippen LogP contribution >= 0.6 is 0 Å². The van der Waals surface area contributed by atoms with Crippen molar-refractivity contribution in [3.63, 3.8) is 0 Å². The van der Waals surface area contributed by atoms with Crippen molar-refractivity contribution in [2.75, 3.05) is 0 Å². The molecule has 1 heteroatoms. The lowest BCUT2D eigenvalue weighted by molar-refractivity contribution is -0.0512. The first-order valence-corrected chi connectivity index (χ1v) is 8.48. The molecule has 0 aromatic carbocycles. The molecule has 0 aromatic heterocycles. The van der Waals surface area contributed by atoms with Gasteiger partial charge >= 0.3 is 0 Å². The molecule has 6 atom stereocenters. The maximum atomic E-state index is 10.4. The van der Waals surface area contributed by atoms with Gasteiger partial charge in [0, 0.05) is 0 Å². The highest BCUT2D eigenvalue weighted by Gasteiger charge is 2.56. The van der Waals surface area contributed by atoms with E-state index >= 15 is 0 Å². The standard InChI is InChI=1S/C18H28O/c1-11-3-4-13-12(11)5-6-15-14(13)9-10-18(2)16(15)7-8-17(18)19/h13-17,19H,3-10H2,1-2H3/t13-,14+,15+,16-,17-,18-/m1/s1. The van der Waals surface area contributed by atoms with E-state index in [1.165, 1.54) is 44.9 Å². The maximum Gasteiger partial charge on any atom is 0.0596 e. The third-order valence-corrected chi connectivity index (χ3v) is 7.53. The Bertz CT molecular complexity index is 423.